The van der Waals surface area contributed by atoms with Crippen molar-refractivity contribution in [2.45, 2.75) is 19.0 Å². The molecule has 0 saturated heterocycles. The van der Waals surface area contributed by atoms with Gasteiger partial charge < -0.3 is 15.7 Å². The van der Waals surface area contributed by atoms with Crippen LogP contribution >= 0.6 is 15.9 Å². The van der Waals surface area contributed by atoms with Crippen LogP contribution in [-0.2, 0) is 11.3 Å². The van der Waals surface area contributed by atoms with Gasteiger partial charge in [0, 0.05) is 11.0 Å². The summed E-state index contributed by atoms with van der Waals surface area (Å²) >= 11 is 3.33. The lowest BCUT2D eigenvalue weighted by atomic mass is 10.2. The highest BCUT2D eigenvalue weighted by molar-refractivity contribution is 9.10. The molecule has 0 aliphatic rings. The van der Waals surface area contributed by atoms with E-state index in [1.807, 2.05) is 24.3 Å². The molecular formula is C13H15BrN2O3. The van der Waals surface area contributed by atoms with Crippen LogP contribution in [0.4, 0.5) is 4.79 Å². The minimum atomic E-state index is -1.09. The van der Waals surface area contributed by atoms with E-state index in [9.17, 15) is 9.59 Å². The SMILES string of the molecule is C=CCC(NC(=O)NCc1cccc(Br)c1)C(=O)O. The van der Waals surface area contributed by atoms with Crippen molar-refractivity contribution in [3.8, 4) is 0 Å². The number of amides is 2. The quantitative estimate of drug-likeness (QED) is 0.702. The van der Waals surface area contributed by atoms with Crippen LogP contribution in [0.25, 0.3) is 0 Å². The molecule has 1 atom stereocenters. The molecule has 5 nitrogen and oxygen atoms in total. The van der Waals surface area contributed by atoms with Crippen LogP contribution in [0.15, 0.2) is 41.4 Å². The number of carboxylic acids is 1. The lowest BCUT2D eigenvalue weighted by molar-refractivity contribution is -0.139. The van der Waals surface area contributed by atoms with Crippen LogP contribution in [0.1, 0.15) is 12.0 Å². The number of hydrogen-bond donors (Lipinski definition) is 3. The number of nitrogens with one attached hydrogen (secondary N) is 2. The van der Waals surface area contributed by atoms with Gasteiger partial charge in [-0.05, 0) is 24.1 Å². The van der Waals surface area contributed by atoms with E-state index in [4.69, 9.17) is 5.11 Å². The van der Waals surface area contributed by atoms with E-state index >= 15 is 0 Å². The molecule has 2 amide bonds. The fourth-order valence-electron chi connectivity index (χ4n) is 1.43. The number of rotatable bonds is 6. The molecule has 0 heterocycles. The average Bonchev–Trinajstić information content (AvgIpc) is 2.36. The highest BCUT2D eigenvalue weighted by atomic mass is 79.9. The first kappa shape index (κ1) is 15.2. The van der Waals surface area contributed by atoms with Crippen molar-refractivity contribution < 1.29 is 14.7 Å². The Morgan fingerprint density at radius 2 is 2.21 bits per heavy atom. The molecule has 0 fully saturated rings. The first-order valence-electron chi connectivity index (χ1n) is 5.65. The summed E-state index contributed by atoms with van der Waals surface area (Å²) in [7, 11) is 0. The van der Waals surface area contributed by atoms with E-state index in [0.717, 1.165) is 10.0 Å². The largest absolute Gasteiger partial charge is 0.480 e. The molecule has 6 heteroatoms. The smallest absolute Gasteiger partial charge is 0.326 e. The Morgan fingerprint density at radius 3 is 2.79 bits per heavy atom. The number of aliphatic carboxylic acids is 1. The van der Waals surface area contributed by atoms with Gasteiger partial charge in [-0.15, -0.1) is 6.58 Å². The van der Waals surface area contributed by atoms with Gasteiger partial charge >= 0.3 is 12.0 Å². The topological polar surface area (TPSA) is 78.4 Å². The van der Waals surface area contributed by atoms with E-state index in [1.54, 1.807) is 0 Å². The van der Waals surface area contributed by atoms with Crippen molar-refractivity contribution in [1.82, 2.24) is 10.6 Å². The van der Waals surface area contributed by atoms with Crippen molar-refractivity contribution >= 4 is 27.9 Å². The highest BCUT2D eigenvalue weighted by Crippen LogP contribution is 2.11. The van der Waals surface area contributed by atoms with E-state index < -0.39 is 18.0 Å². The van der Waals surface area contributed by atoms with Crippen molar-refractivity contribution in [2.24, 2.45) is 0 Å². The standard InChI is InChI=1S/C13H15BrN2O3/c1-2-4-11(12(17)18)16-13(19)15-8-9-5-3-6-10(14)7-9/h2-3,5-7,11H,1,4,8H2,(H,17,18)(H2,15,16,19). The zero-order chi connectivity index (χ0) is 14.3. The zero-order valence-corrected chi connectivity index (χ0v) is 11.8. The lowest BCUT2D eigenvalue weighted by Crippen LogP contribution is -2.45. The number of benzene rings is 1. The van der Waals surface area contributed by atoms with Gasteiger partial charge in [-0.25, -0.2) is 9.59 Å². The van der Waals surface area contributed by atoms with E-state index in [2.05, 4.69) is 33.1 Å². The van der Waals surface area contributed by atoms with Gasteiger partial charge in [0.05, 0.1) is 0 Å². The predicted octanol–water partition coefficient (Wildman–Crippen LogP) is 2.28. The van der Waals surface area contributed by atoms with Gasteiger partial charge in [0.15, 0.2) is 0 Å². The number of urea groups is 1. The normalized spacial score (nSPS) is 11.4. The molecule has 3 N–H and O–H groups in total. The Hall–Kier alpha value is -1.82. The fourth-order valence-corrected chi connectivity index (χ4v) is 1.87. The number of carbonyl (C=O) groups excluding carboxylic acids is 1. The van der Waals surface area contributed by atoms with Gasteiger partial charge in [0.25, 0.3) is 0 Å². The van der Waals surface area contributed by atoms with Gasteiger partial charge in [0.1, 0.15) is 6.04 Å². The first-order chi connectivity index (χ1) is 9.02. The predicted molar refractivity (Wildman–Crippen MR) is 75.8 cm³/mol. The second kappa shape index (κ2) is 7.58. The number of carboxylic acid groups (broad SMARTS) is 1. The highest BCUT2D eigenvalue weighted by Gasteiger charge is 2.17. The van der Waals surface area contributed by atoms with Gasteiger partial charge in [-0.3, -0.25) is 0 Å². The summed E-state index contributed by atoms with van der Waals surface area (Å²) < 4.78 is 0.919. The Kier molecular flexibility index (Phi) is 6.08. The summed E-state index contributed by atoms with van der Waals surface area (Å²) in [5, 5.41) is 13.8. The molecular weight excluding hydrogens is 312 g/mol. The third-order valence-corrected chi connectivity index (χ3v) is 2.84. The molecule has 1 rings (SSSR count). The summed E-state index contributed by atoms with van der Waals surface area (Å²) in [4.78, 5) is 22.4. The maximum atomic E-state index is 11.6. The van der Waals surface area contributed by atoms with Crippen molar-refractivity contribution in [1.29, 1.82) is 0 Å². The van der Waals surface area contributed by atoms with Crippen LogP contribution < -0.4 is 10.6 Å². The molecule has 102 valence electrons. The van der Waals surface area contributed by atoms with Gasteiger partial charge in [-0.2, -0.15) is 0 Å². The Balaban J connectivity index is 2.46. The van der Waals surface area contributed by atoms with Gasteiger partial charge in [0.2, 0.25) is 0 Å². The van der Waals surface area contributed by atoms with Crippen LogP contribution in [0, 0.1) is 0 Å². The van der Waals surface area contributed by atoms with E-state index in [-0.39, 0.29) is 6.42 Å². The van der Waals surface area contributed by atoms with Crippen molar-refractivity contribution in [2.75, 3.05) is 0 Å². The first-order valence-corrected chi connectivity index (χ1v) is 6.44. The summed E-state index contributed by atoms with van der Waals surface area (Å²) in [6.45, 7) is 3.78. The molecule has 0 spiro atoms. The van der Waals surface area contributed by atoms with Crippen LogP contribution in [0.5, 0.6) is 0 Å². The van der Waals surface area contributed by atoms with Crippen molar-refractivity contribution in [3.05, 3.63) is 47.0 Å². The molecule has 0 radical (unpaired) electrons. The lowest BCUT2D eigenvalue weighted by Gasteiger charge is -2.13. The second-order valence-electron chi connectivity index (χ2n) is 3.87. The Labute approximate surface area is 119 Å². The Morgan fingerprint density at radius 1 is 1.47 bits per heavy atom. The maximum Gasteiger partial charge on any atom is 0.326 e. The van der Waals surface area contributed by atoms with Crippen LogP contribution in [0.3, 0.4) is 0 Å². The molecule has 1 unspecified atom stereocenters. The number of carbonyl (C=O) groups is 2. The maximum absolute atomic E-state index is 11.6. The molecule has 0 bridgehead atoms. The number of halogens is 1. The van der Waals surface area contributed by atoms with E-state index in [0.29, 0.717) is 6.54 Å². The molecule has 19 heavy (non-hydrogen) atoms. The zero-order valence-electron chi connectivity index (χ0n) is 10.2. The molecule has 0 aliphatic carbocycles. The van der Waals surface area contributed by atoms with Crippen LogP contribution in [-0.4, -0.2) is 23.1 Å². The Bertz CT molecular complexity index is 477. The van der Waals surface area contributed by atoms with E-state index in [1.165, 1.54) is 6.08 Å². The fraction of sp³-hybridized carbons (Fsp3) is 0.231. The summed E-state index contributed by atoms with van der Waals surface area (Å²) in [5.41, 5.74) is 0.917. The molecule has 0 aliphatic heterocycles. The molecule has 1 aromatic carbocycles. The molecule has 0 aromatic heterocycles. The summed E-state index contributed by atoms with van der Waals surface area (Å²) in [6, 6.07) is 6.00. The third kappa shape index (κ3) is 5.56. The second-order valence-corrected chi connectivity index (χ2v) is 4.79. The van der Waals surface area contributed by atoms with Crippen molar-refractivity contribution in [3.63, 3.8) is 0 Å². The average molecular weight is 327 g/mol. The molecule has 1 aromatic rings. The molecule has 0 saturated carbocycles. The van der Waals surface area contributed by atoms with Gasteiger partial charge in [-0.1, -0.05) is 34.1 Å². The third-order valence-electron chi connectivity index (χ3n) is 2.35. The minimum Gasteiger partial charge on any atom is -0.480 e. The summed E-state index contributed by atoms with van der Waals surface area (Å²) in [5.74, 6) is -1.09. The minimum absolute atomic E-state index is 0.180. The summed E-state index contributed by atoms with van der Waals surface area (Å²) in [6.07, 6.45) is 1.63. The number of hydrogen-bond acceptors (Lipinski definition) is 2. The monoisotopic (exact) mass is 326 g/mol. The van der Waals surface area contributed by atoms with Crippen LogP contribution in [0.2, 0.25) is 0 Å².